The van der Waals surface area contributed by atoms with Crippen LogP contribution in [0.2, 0.25) is 0 Å². The van der Waals surface area contributed by atoms with Crippen LogP contribution in [-0.2, 0) is 6.61 Å². The van der Waals surface area contributed by atoms with Gasteiger partial charge in [-0.15, -0.1) is 0 Å². The van der Waals surface area contributed by atoms with Gasteiger partial charge < -0.3 is 15.0 Å². The second kappa shape index (κ2) is 5.76. The van der Waals surface area contributed by atoms with Crippen LogP contribution in [0.25, 0.3) is 10.9 Å². The normalized spacial score (nSPS) is 11.3. The summed E-state index contributed by atoms with van der Waals surface area (Å²) < 4.78 is 8.15. The molecule has 0 aliphatic heterocycles. The molecule has 0 spiro atoms. The van der Waals surface area contributed by atoms with E-state index in [2.05, 4.69) is 49.7 Å². The minimum absolute atomic E-state index is 0.361. The average molecular weight is 294 g/mol. The molecule has 3 nitrogen and oxygen atoms in total. The molecule has 0 atom stereocenters. The molecule has 0 aliphatic rings. The number of hydrogen-bond acceptors (Lipinski definition) is 2. The monoisotopic (exact) mass is 294 g/mol. The van der Waals surface area contributed by atoms with Crippen molar-refractivity contribution in [3.63, 3.8) is 0 Å². The minimum Gasteiger partial charge on any atom is -0.489 e. The number of aryl methyl sites for hydroxylation is 1. The fraction of sp³-hybridized carbons (Fsp3) is 0.263. The van der Waals surface area contributed by atoms with Gasteiger partial charge in [0.25, 0.3) is 0 Å². The first-order valence-electron chi connectivity index (χ1n) is 7.63. The number of aromatic nitrogens is 1. The number of benzene rings is 2. The van der Waals surface area contributed by atoms with Crippen molar-refractivity contribution in [1.29, 1.82) is 0 Å². The summed E-state index contributed by atoms with van der Waals surface area (Å²) >= 11 is 0. The highest BCUT2D eigenvalue weighted by Crippen LogP contribution is 2.30. The first-order valence-corrected chi connectivity index (χ1v) is 7.63. The Labute approximate surface area is 131 Å². The highest BCUT2D eigenvalue weighted by Gasteiger charge is 2.13. The van der Waals surface area contributed by atoms with E-state index in [0.29, 0.717) is 12.6 Å². The summed E-state index contributed by atoms with van der Waals surface area (Å²) in [5.41, 5.74) is 10.5. The lowest BCUT2D eigenvalue weighted by atomic mass is 10.1. The van der Waals surface area contributed by atoms with Gasteiger partial charge in [0.2, 0.25) is 0 Å². The molecule has 0 saturated carbocycles. The number of ether oxygens (including phenoxy) is 1. The second-order valence-electron chi connectivity index (χ2n) is 6.00. The smallest absolute Gasteiger partial charge is 0.119 e. The Morgan fingerprint density at radius 3 is 2.50 bits per heavy atom. The number of nitrogens with zero attached hydrogens (tertiary/aromatic N) is 1. The first-order chi connectivity index (χ1) is 10.6. The summed E-state index contributed by atoms with van der Waals surface area (Å²) in [6, 6.07) is 14.5. The summed E-state index contributed by atoms with van der Waals surface area (Å²) in [6.45, 7) is 6.94. The number of nitrogen functional groups attached to an aromatic ring is 1. The molecule has 2 N–H and O–H groups in total. The number of para-hydroxylation sites is 1. The van der Waals surface area contributed by atoms with Gasteiger partial charge in [0.1, 0.15) is 12.4 Å². The maximum Gasteiger partial charge on any atom is 0.119 e. The van der Waals surface area contributed by atoms with Crippen molar-refractivity contribution < 1.29 is 4.74 Å². The van der Waals surface area contributed by atoms with Gasteiger partial charge in [-0.25, -0.2) is 0 Å². The Morgan fingerprint density at radius 2 is 1.82 bits per heavy atom. The van der Waals surface area contributed by atoms with Crippen LogP contribution in [0, 0.1) is 6.92 Å². The average Bonchev–Trinajstić information content (AvgIpc) is 2.87. The van der Waals surface area contributed by atoms with Crippen LogP contribution in [-0.4, -0.2) is 4.57 Å². The molecule has 114 valence electrons. The molecule has 0 unspecified atom stereocenters. The van der Waals surface area contributed by atoms with Crippen LogP contribution in [0.5, 0.6) is 5.75 Å². The molecule has 0 fully saturated rings. The largest absolute Gasteiger partial charge is 0.489 e. The molecule has 3 rings (SSSR count). The molecule has 0 bridgehead atoms. The molecule has 0 amide bonds. The summed E-state index contributed by atoms with van der Waals surface area (Å²) in [5.74, 6) is 0.889. The molecule has 2 aromatic carbocycles. The van der Waals surface area contributed by atoms with Crippen molar-refractivity contribution in [1.82, 2.24) is 4.57 Å². The Morgan fingerprint density at radius 1 is 1.09 bits per heavy atom. The van der Waals surface area contributed by atoms with Crippen molar-refractivity contribution in [3.05, 3.63) is 59.8 Å². The fourth-order valence-electron chi connectivity index (χ4n) is 2.73. The molecular formula is C19H22N2O. The summed E-state index contributed by atoms with van der Waals surface area (Å²) in [7, 11) is 0. The van der Waals surface area contributed by atoms with E-state index in [1.54, 1.807) is 0 Å². The van der Waals surface area contributed by atoms with Crippen LogP contribution in [0.15, 0.2) is 48.7 Å². The zero-order valence-electron chi connectivity index (χ0n) is 13.3. The third-order valence-corrected chi connectivity index (χ3v) is 3.94. The van der Waals surface area contributed by atoms with E-state index in [9.17, 15) is 0 Å². The predicted molar refractivity (Wildman–Crippen MR) is 92.2 cm³/mol. The molecular weight excluding hydrogens is 272 g/mol. The van der Waals surface area contributed by atoms with Crippen molar-refractivity contribution in [3.8, 4) is 5.75 Å². The standard InChI is InChI=1S/C19H22N2O/c1-13(2)21-11-15(17-5-4-6-18(20)19(17)21)12-22-16-9-7-14(3)8-10-16/h4-11,13H,12,20H2,1-3H3. The van der Waals surface area contributed by atoms with E-state index >= 15 is 0 Å². The fourth-order valence-corrected chi connectivity index (χ4v) is 2.73. The van der Waals surface area contributed by atoms with Gasteiger partial charge in [-0.05, 0) is 39.0 Å². The van der Waals surface area contributed by atoms with Crippen molar-refractivity contribution in [2.75, 3.05) is 5.73 Å². The molecule has 0 radical (unpaired) electrons. The van der Waals surface area contributed by atoms with Crippen LogP contribution >= 0.6 is 0 Å². The third-order valence-electron chi connectivity index (χ3n) is 3.94. The summed E-state index contributed by atoms with van der Waals surface area (Å²) in [6.07, 6.45) is 2.15. The highest BCUT2D eigenvalue weighted by molar-refractivity contribution is 5.93. The zero-order chi connectivity index (χ0) is 15.7. The van der Waals surface area contributed by atoms with E-state index in [4.69, 9.17) is 10.5 Å². The minimum atomic E-state index is 0.361. The lowest BCUT2D eigenvalue weighted by Gasteiger charge is -2.10. The number of fused-ring (bicyclic) bond motifs is 1. The zero-order valence-corrected chi connectivity index (χ0v) is 13.3. The van der Waals surface area contributed by atoms with Gasteiger partial charge in [0.05, 0.1) is 11.2 Å². The SMILES string of the molecule is Cc1ccc(OCc2cn(C(C)C)c3c(N)cccc23)cc1. The van der Waals surface area contributed by atoms with E-state index in [0.717, 1.165) is 22.5 Å². The van der Waals surface area contributed by atoms with Crippen LogP contribution in [0.1, 0.15) is 31.0 Å². The molecule has 3 aromatic rings. The van der Waals surface area contributed by atoms with E-state index < -0.39 is 0 Å². The lowest BCUT2D eigenvalue weighted by molar-refractivity contribution is 0.307. The lowest BCUT2D eigenvalue weighted by Crippen LogP contribution is -2.00. The predicted octanol–water partition coefficient (Wildman–Crippen LogP) is 4.69. The number of rotatable bonds is 4. The topological polar surface area (TPSA) is 40.2 Å². The quantitative estimate of drug-likeness (QED) is 0.709. The molecule has 22 heavy (non-hydrogen) atoms. The maximum absolute atomic E-state index is 6.17. The number of anilines is 1. The van der Waals surface area contributed by atoms with Crippen LogP contribution < -0.4 is 10.5 Å². The van der Waals surface area contributed by atoms with Crippen molar-refractivity contribution >= 4 is 16.6 Å². The summed E-state index contributed by atoms with van der Waals surface area (Å²) in [4.78, 5) is 0. The van der Waals surface area contributed by atoms with Gasteiger partial charge in [-0.2, -0.15) is 0 Å². The third kappa shape index (κ3) is 2.67. The Kier molecular flexibility index (Phi) is 3.80. The molecule has 1 heterocycles. The second-order valence-corrected chi connectivity index (χ2v) is 6.00. The van der Waals surface area contributed by atoms with Crippen molar-refractivity contribution in [2.45, 2.75) is 33.4 Å². The Hall–Kier alpha value is -2.42. The van der Waals surface area contributed by atoms with Gasteiger partial charge in [0.15, 0.2) is 0 Å². The van der Waals surface area contributed by atoms with E-state index in [1.165, 1.54) is 10.9 Å². The van der Waals surface area contributed by atoms with Gasteiger partial charge in [0, 0.05) is 23.2 Å². The molecule has 0 aliphatic carbocycles. The number of nitrogens with two attached hydrogens (primary N) is 1. The van der Waals surface area contributed by atoms with Crippen LogP contribution in [0.4, 0.5) is 5.69 Å². The van der Waals surface area contributed by atoms with E-state index in [-0.39, 0.29) is 0 Å². The van der Waals surface area contributed by atoms with Gasteiger partial charge >= 0.3 is 0 Å². The maximum atomic E-state index is 6.17. The first kappa shape index (κ1) is 14.5. The Bertz CT molecular complexity index is 785. The van der Waals surface area contributed by atoms with Gasteiger partial charge in [-0.1, -0.05) is 29.8 Å². The molecule has 1 aromatic heterocycles. The summed E-state index contributed by atoms with van der Waals surface area (Å²) in [5, 5.41) is 1.17. The van der Waals surface area contributed by atoms with E-state index in [1.807, 2.05) is 24.3 Å². The van der Waals surface area contributed by atoms with Crippen molar-refractivity contribution in [2.24, 2.45) is 0 Å². The van der Waals surface area contributed by atoms with Gasteiger partial charge in [-0.3, -0.25) is 0 Å². The Balaban J connectivity index is 1.94. The molecule has 0 saturated heterocycles. The highest BCUT2D eigenvalue weighted by atomic mass is 16.5. The number of hydrogen-bond donors (Lipinski definition) is 1. The van der Waals surface area contributed by atoms with Crippen LogP contribution in [0.3, 0.4) is 0 Å². The molecule has 3 heteroatoms.